The van der Waals surface area contributed by atoms with Gasteiger partial charge in [-0.1, -0.05) is 70.8 Å². The maximum absolute atomic E-state index is 13.2. The molecule has 0 spiro atoms. The third kappa shape index (κ3) is 23.8. The predicted octanol–water partition coefficient (Wildman–Crippen LogP) is 14.9. The van der Waals surface area contributed by atoms with Crippen molar-refractivity contribution in [3.63, 3.8) is 0 Å². The fraction of sp³-hybridized carbons (Fsp3) is 0.400. The van der Waals surface area contributed by atoms with E-state index < -0.39 is 40.5 Å². The van der Waals surface area contributed by atoms with Crippen LogP contribution >= 0.6 is 47.0 Å². The molecule has 0 aliphatic carbocycles. The minimum atomic E-state index is -4.09. The maximum atomic E-state index is 13.2. The predicted molar refractivity (Wildman–Crippen MR) is 454 cm³/mol. The van der Waals surface area contributed by atoms with E-state index in [1.165, 1.54) is 95.6 Å². The molecule has 3 aromatic heterocycles. The molecule has 0 atom stereocenters. The molecule has 116 heavy (non-hydrogen) atoms. The van der Waals surface area contributed by atoms with Gasteiger partial charge in [-0.15, -0.1) is 47.0 Å². The molecule has 0 unspecified atom stereocenters. The van der Waals surface area contributed by atoms with Crippen LogP contribution in [0.4, 0.5) is 0 Å². The van der Waals surface area contributed by atoms with E-state index in [-0.39, 0.29) is 192 Å². The number of aromatic amines is 2. The van der Waals surface area contributed by atoms with Gasteiger partial charge in [-0.2, -0.15) is 33.7 Å². The lowest BCUT2D eigenvalue weighted by Gasteiger charge is -2.15. The van der Waals surface area contributed by atoms with Crippen LogP contribution in [-0.2, 0) is 76.2 Å². The molecular weight excluding hydrogens is 1650 g/mol. The first kappa shape index (κ1) is 89.0. The first-order valence-electron chi connectivity index (χ1n) is 37.4. The van der Waals surface area contributed by atoms with E-state index in [0.717, 1.165) is 22.3 Å². The number of nitrogens with one attached hydrogen (secondary N) is 2. The van der Waals surface area contributed by atoms with Crippen molar-refractivity contribution in [1.82, 2.24) is 39.9 Å². The van der Waals surface area contributed by atoms with E-state index in [4.69, 9.17) is 84.5 Å². The molecule has 2 aliphatic rings. The molecule has 622 valence electrons. The Morgan fingerprint density at radius 3 is 0.664 bits per heavy atom. The van der Waals surface area contributed by atoms with Gasteiger partial charge in [0.25, 0.3) is 40.5 Å². The highest BCUT2D eigenvalue weighted by atomic mass is 32.2. The van der Waals surface area contributed by atoms with E-state index in [0.29, 0.717) is 64.2 Å². The third-order valence-electron chi connectivity index (χ3n) is 16.6. The lowest BCUT2D eigenvalue weighted by molar-refractivity contribution is 0.114. The Hall–Kier alpha value is -7.76. The van der Waals surface area contributed by atoms with Crippen molar-refractivity contribution in [3.05, 3.63) is 167 Å². The quantitative estimate of drug-likeness (QED) is 0.0264. The van der Waals surface area contributed by atoms with Gasteiger partial charge in [-0.3, -0.25) is 16.7 Å². The van der Waals surface area contributed by atoms with Gasteiger partial charge in [0, 0.05) is 23.0 Å². The topological polar surface area (TPSA) is 356 Å². The number of benzene rings is 6. The van der Waals surface area contributed by atoms with Gasteiger partial charge in [0.1, 0.15) is 45.6 Å². The number of fused-ring (bicyclic) bond motifs is 14. The molecule has 9 aromatic rings. The molecule has 0 fully saturated rings. The zero-order valence-electron chi connectivity index (χ0n) is 66.3. The average molecular weight is 1740 g/mol. The van der Waals surface area contributed by atoms with Crippen molar-refractivity contribution in [1.29, 1.82) is 0 Å². The number of aryl methyl sites for hydroxylation is 4. The Bertz CT molecular complexity index is 4970. The first-order valence-corrected chi connectivity index (χ1v) is 47.0. The van der Waals surface area contributed by atoms with Gasteiger partial charge in [0.15, 0.2) is 23.3 Å². The first-order chi connectivity index (χ1) is 55.4. The number of ether oxygens (including phenoxy) is 8. The van der Waals surface area contributed by atoms with Crippen LogP contribution in [-0.4, -0.2) is 200 Å². The second-order valence-electron chi connectivity index (χ2n) is 27.4. The number of aromatic nitrogens is 8. The van der Waals surface area contributed by atoms with Gasteiger partial charge in [0.2, 0.25) is 0 Å². The van der Waals surface area contributed by atoms with Gasteiger partial charge in [-0.05, 0) is 156 Å². The molecule has 2 aliphatic heterocycles. The van der Waals surface area contributed by atoms with Crippen LogP contribution in [0.5, 0.6) is 23.0 Å². The van der Waals surface area contributed by atoms with Crippen LogP contribution in [0.25, 0.3) is 63.8 Å². The van der Waals surface area contributed by atoms with Crippen LogP contribution < -0.4 is 18.9 Å². The van der Waals surface area contributed by atoms with Crippen molar-refractivity contribution in [2.24, 2.45) is 0 Å². The average Bonchev–Trinajstić information content (AvgIpc) is 1.59. The highest BCUT2D eigenvalue weighted by molar-refractivity contribution is 8.14. The van der Waals surface area contributed by atoms with Crippen LogP contribution in [0.2, 0.25) is 0 Å². The second kappa shape index (κ2) is 40.8. The molecule has 0 amide bonds. The van der Waals surface area contributed by atoms with Crippen molar-refractivity contribution in [2.75, 3.05) is 102 Å². The summed E-state index contributed by atoms with van der Waals surface area (Å²) >= 11 is 5.43. The highest BCUT2D eigenvalue weighted by Gasteiger charge is 2.31. The molecule has 2 N–H and O–H groups in total. The Balaban J connectivity index is 1.06. The normalized spacial score (nSPS) is 13.1. The molecule has 11 rings (SSSR count). The molecular formula is C80H94N8O20S8. The zero-order valence-corrected chi connectivity index (χ0v) is 72.8. The van der Waals surface area contributed by atoms with Gasteiger partial charge in [-0.25, -0.2) is 29.9 Å². The summed E-state index contributed by atoms with van der Waals surface area (Å²) in [6.07, 6.45) is -1.42. The van der Waals surface area contributed by atoms with E-state index >= 15 is 0 Å². The number of thioether (sulfide) groups is 4. The second-order valence-corrected chi connectivity index (χ2v) is 38.3. The van der Waals surface area contributed by atoms with Crippen molar-refractivity contribution in [2.45, 2.75) is 127 Å². The lowest BCUT2D eigenvalue weighted by Crippen LogP contribution is -2.12. The Labute approximate surface area is 693 Å². The molecule has 6 aromatic carbocycles. The summed E-state index contributed by atoms with van der Waals surface area (Å²) < 4.78 is 178. The number of rotatable bonds is 44. The maximum Gasteiger partial charge on any atom is 0.297 e. The van der Waals surface area contributed by atoms with Gasteiger partial charge >= 0.3 is 0 Å². The fourth-order valence-corrected chi connectivity index (χ4v) is 19.1. The highest BCUT2D eigenvalue weighted by Crippen LogP contribution is 2.48. The van der Waals surface area contributed by atoms with E-state index in [1.54, 1.807) is 72.8 Å². The van der Waals surface area contributed by atoms with Crippen LogP contribution in [0.15, 0.2) is 141 Å². The molecule has 36 heteroatoms. The van der Waals surface area contributed by atoms with Crippen molar-refractivity contribution >= 4 is 151 Å². The van der Waals surface area contributed by atoms with Crippen LogP contribution in [0.3, 0.4) is 0 Å². The van der Waals surface area contributed by atoms with Crippen LogP contribution in [0.1, 0.15) is 101 Å². The summed E-state index contributed by atoms with van der Waals surface area (Å²) in [6, 6.07) is 32.6. The zero-order chi connectivity index (χ0) is 82.9. The van der Waals surface area contributed by atoms with Crippen molar-refractivity contribution in [3.8, 4) is 23.0 Å². The molecule has 0 radical (unpaired) electrons. The summed E-state index contributed by atoms with van der Waals surface area (Å²) in [5, 5.41) is 1.88. The minimum absolute atomic E-state index is 0.0186. The number of H-pyrrole nitrogens is 2. The Morgan fingerprint density at radius 2 is 0.474 bits per heavy atom. The van der Waals surface area contributed by atoms with Gasteiger partial charge in [0.05, 0.1) is 164 Å². The van der Waals surface area contributed by atoms with Crippen LogP contribution in [0, 0.1) is 27.7 Å². The van der Waals surface area contributed by atoms with E-state index in [9.17, 15) is 33.7 Å². The van der Waals surface area contributed by atoms with Gasteiger partial charge < -0.3 is 47.9 Å². The summed E-state index contributed by atoms with van der Waals surface area (Å²) in [5.74, 6) is 3.51. The standard InChI is InChI=1S/C80H94N8O20S8/c1-49(2)105-61-29-30-62(106-50(3)4)66-65(61)73-81-74(66)84-78-71(111-47-43-99-35-39-103-115(93,94)59-25-17-55(11)18-26-59)72(112-48-44-100-36-40-104-116(95,96)60-27-19-56(12)20-28-60)80(88-78)86-76-68-64(108-52(7)8)32-31-63(107-51(5)6)67(68)75(82-76)85-79-70(110-46-42-98-34-38-102-114(91,92)58-23-15-54(10)16-24-58)69(77(83-73)87-79)109-45-41-97-33-37-101-113(89,90)57-21-13-53(9)14-22-57/h13-32,49-52H,33-48H2,1-12H3,(H2,81,82,83,84,85,86,87,88). The SMILES string of the molecule is Cc1ccc(S(=O)(=O)OCCOCCSC2=C(SCCOCCOS(=O)(=O)c3ccc(C)cc3)c3nc2nc2[nH]c(nc4nc(nc5[nH]c(n3)c3c(OC(C)C)ccc(OC(C)C)c53)C(SCCOCCOS(=O)(=O)c3ccc(C)cc3)=C4SCCOCCOS(=O)(=O)c3ccc(C)cc3)c3c(OC(C)C)ccc(OC(C)C)c23)cc1. The Morgan fingerprint density at radius 1 is 0.276 bits per heavy atom. The molecule has 0 saturated heterocycles. The number of hydrogen-bond donors (Lipinski definition) is 2. The molecule has 0 saturated carbocycles. The summed E-state index contributed by atoms with van der Waals surface area (Å²) in [7, 11) is -16.4. The number of hydrogen-bond acceptors (Lipinski definition) is 30. The minimum Gasteiger partial charge on any atom is -0.490 e. The Kier molecular flexibility index (Phi) is 31.3. The molecule has 5 heterocycles. The van der Waals surface area contributed by atoms with E-state index in [1.807, 2.05) is 83.1 Å². The largest absolute Gasteiger partial charge is 0.490 e. The summed E-state index contributed by atoms with van der Waals surface area (Å²) in [5.41, 5.74) is 4.54. The monoisotopic (exact) mass is 1740 g/mol. The number of nitrogens with zero attached hydrogens (tertiary/aromatic N) is 6. The van der Waals surface area contributed by atoms with E-state index in [2.05, 4.69) is 9.97 Å². The fourth-order valence-electron chi connectivity index (χ4n) is 11.5. The summed E-state index contributed by atoms with van der Waals surface area (Å²) in [4.78, 5) is 42.0. The molecule has 8 bridgehead atoms. The smallest absolute Gasteiger partial charge is 0.297 e. The lowest BCUT2D eigenvalue weighted by atomic mass is 10.1. The third-order valence-corrected chi connectivity index (χ3v) is 26.4. The van der Waals surface area contributed by atoms with Crippen molar-refractivity contribution < 1.29 is 88.3 Å². The summed E-state index contributed by atoms with van der Waals surface area (Å²) in [6.45, 7) is 21.7. The molecule has 28 nitrogen and oxygen atoms in total.